The molecule has 1 aliphatic rings. The maximum absolute atomic E-state index is 12.3. The fourth-order valence-corrected chi connectivity index (χ4v) is 2.89. The van der Waals surface area contributed by atoms with Crippen molar-refractivity contribution in [1.29, 1.82) is 0 Å². The summed E-state index contributed by atoms with van der Waals surface area (Å²) in [6.45, 7) is 4.66. The number of carbonyl (C=O) groups is 2. The van der Waals surface area contributed by atoms with Gasteiger partial charge in [-0.05, 0) is 48.9 Å². The van der Waals surface area contributed by atoms with Gasteiger partial charge in [0.25, 0.3) is 5.91 Å². The van der Waals surface area contributed by atoms with Crippen LogP contribution >= 0.6 is 0 Å². The number of rotatable bonds is 6. The molecular weight excluding hydrogens is 360 g/mol. The van der Waals surface area contributed by atoms with Gasteiger partial charge >= 0.3 is 5.97 Å². The highest BCUT2D eigenvalue weighted by Crippen LogP contribution is 2.19. The molecule has 2 aromatic rings. The van der Waals surface area contributed by atoms with Crippen molar-refractivity contribution < 1.29 is 24.2 Å². The molecule has 28 heavy (non-hydrogen) atoms. The first-order valence-corrected chi connectivity index (χ1v) is 9.22. The molecule has 7 nitrogen and oxygen atoms in total. The molecule has 7 heteroatoms. The lowest BCUT2D eigenvalue weighted by Crippen LogP contribution is -2.36. The minimum absolute atomic E-state index is 0.0339. The normalized spacial score (nSPS) is 15.0. The summed E-state index contributed by atoms with van der Waals surface area (Å²) >= 11 is 0. The Kier molecular flexibility index (Phi) is 6.49. The van der Waals surface area contributed by atoms with Gasteiger partial charge in [-0.3, -0.25) is 9.59 Å². The molecular formula is C21H24N2O5. The van der Waals surface area contributed by atoms with E-state index in [-0.39, 0.29) is 12.2 Å². The number of esters is 1. The minimum atomic E-state index is -0.913. The van der Waals surface area contributed by atoms with Crippen molar-refractivity contribution in [3.05, 3.63) is 54.1 Å². The second-order valence-electron chi connectivity index (χ2n) is 6.61. The first-order valence-electron chi connectivity index (χ1n) is 9.22. The van der Waals surface area contributed by atoms with Crippen LogP contribution in [0.25, 0.3) is 0 Å². The molecule has 1 fully saturated rings. The van der Waals surface area contributed by atoms with E-state index >= 15 is 0 Å². The van der Waals surface area contributed by atoms with E-state index in [9.17, 15) is 14.7 Å². The topological polar surface area (TPSA) is 88.1 Å². The zero-order chi connectivity index (χ0) is 19.9. The van der Waals surface area contributed by atoms with E-state index in [0.717, 1.165) is 18.8 Å². The molecule has 0 aromatic heterocycles. The van der Waals surface area contributed by atoms with Gasteiger partial charge in [-0.2, -0.15) is 0 Å². The van der Waals surface area contributed by atoms with Crippen LogP contribution in [0.3, 0.4) is 0 Å². The van der Waals surface area contributed by atoms with E-state index in [1.165, 1.54) is 19.1 Å². The van der Waals surface area contributed by atoms with Crippen LogP contribution in [0.4, 0.5) is 11.4 Å². The molecule has 1 saturated heterocycles. The fourth-order valence-electron chi connectivity index (χ4n) is 2.89. The average molecular weight is 384 g/mol. The standard InChI is InChI=1S/C21H24N2O5/c1-15(28-20(25)14-16-2-8-19(24)9-3-16)21(26)22-17-4-6-18(7-5-17)23-10-12-27-13-11-23/h2-9,15,24H,10-14H2,1H3,(H,22,26)/t15-/m0/s1. The molecule has 3 rings (SSSR count). The molecule has 0 saturated carbocycles. The van der Waals surface area contributed by atoms with Crippen molar-refractivity contribution >= 4 is 23.3 Å². The summed E-state index contributed by atoms with van der Waals surface area (Å²) < 4.78 is 10.5. The summed E-state index contributed by atoms with van der Waals surface area (Å²) in [7, 11) is 0. The quantitative estimate of drug-likeness (QED) is 0.744. The summed E-state index contributed by atoms with van der Waals surface area (Å²) in [6, 6.07) is 13.8. The number of anilines is 2. The Balaban J connectivity index is 1.49. The first kappa shape index (κ1) is 19.7. The van der Waals surface area contributed by atoms with Crippen LogP contribution in [0, 0.1) is 0 Å². The van der Waals surface area contributed by atoms with E-state index in [4.69, 9.17) is 9.47 Å². The van der Waals surface area contributed by atoms with Crippen molar-refractivity contribution in [2.45, 2.75) is 19.4 Å². The van der Waals surface area contributed by atoms with Gasteiger partial charge in [0.1, 0.15) is 5.75 Å². The summed E-state index contributed by atoms with van der Waals surface area (Å²) in [5.41, 5.74) is 2.42. The van der Waals surface area contributed by atoms with Crippen molar-refractivity contribution in [3.63, 3.8) is 0 Å². The van der Waals surface area contributed by atoms with Crippen LogP contribution < -0.4 is 10.2 Å². The van der Waals surface area contributed by atoms with Gasteiger partial charge in [0.05, 0.1) is 19.6 Å². The van der Waals surface area contributed by atoms with Crippen LogP contribution in [-0.2, 0) is 25.5 Å². The second-order valence-corrected chi connectivity index (χ2v) is 6.61. The highest BCUT2D eigenvalue weighted by molar-refractivity contribution is 5.95. The Hall–Kier alpha value is -3.06. The number of ether oxygens (including phenoxy) is 2. The largest absolute Gasteiger partial charge is 0.508 e. The number of phenols is 1. The van der Waals surface area contributed by atoms with Crippen LogP contribution in [0.2, 0.25) is 0 Å². The lowest BCUT2D eigenvalue weighted by atomic mass is 10.1. The van der Waals surface area contributed by atoms with Gasteiger partial charge in [-0.25, -0.2) is 0 Å². The molecule has 1 aliphatic heterocycles. The zero-order valence-corrected chi connectivity index (χ0v) is 15.8. The van der Waals surface area contributed by atoms with E-state index in [1.807, 2.05) is 24.3 Å². The zero-order valence-electron chi connectivity index (χ0n) is 15.8. The smallest absolute Gasteiger partial charge is 0.311 e. The molecule has 0 spiro atoms. The molecule has 0 aliphatic carbocycles. The third kappa shape index (κ3) is 5.47. The van der Waals surface area contributed by atoms with Gasteiger partial charge in [0.2, 0.25) is 0 Å². The number of benzene rings is 2. The Labute approximate surface area is 163 Å². The Morgan fingerprint density at radius 2 is 1.75 bits per heavy atom. The van der Waals surface area contributed by atoms with Crippen LogP contribution in [-0.4, -0.2) is 49.4 Å². The van der Waals surface area contributed by atoms with Crippen LogP contribution in [0.5, 0.6) is 5.75 Å². The molecule has 0 radical (unpaired) electrons. The molecule has 1 amide bonds. The maximum Gasteiger partial charge on any atom is 0.311 e. The predicted octanol–water partition coefficient (Wildman–Crippen LogP) is 2.34. The predicted molar refractivity (Wildman–Crippen MR) is 105 cm³/mol. The fraction of sp³-hybridized carbons (Fsp3) is 0.333. The van der Waals surface area contributed by atoms with Crippen molar-refractivity contribution in [2.75, 3.05) is 36.5 Å². The van der Waals surface area contributed by atoms with E-state index in [0.29, 0.717) is 24.5 Å². The summed E-state index contributed by atoms with van der Waals surface area (Å²) in [4.78, 5) is 26.5. The van der Waals surface area contributed by atoms with Crippen molar-refractivity contribution in [2.24, 2.45) is 0 Å². The number of nitrogens with one attached hydrogen (secondary N) is 1. The number of hydrogen-bond acceptors (Lipinski definition) is 6. The number of hydrogen-bond donors (Lipinski definition) is 2. The Morgan fingerprint density at radius 3 is 2.39 bits per heavy atom. The third-order valence-corrected chi connectivity index (χ3v) is 4.47. The SMILES string of the molecule is C[C@H](OC(=O)Cc1ccc(O)cc1)C(=O)Nc1ccc(N2CCOCC2)cc1. The second kappa shape index (κ2) is 9.23. The number of phenolic OH excluding ortho intramolecular Hbond substituents is 1. The number of nitrogens with zero attached hydrogens (tertiary/aromatic N) is 1. The van der Waals surface area contributed by atoms with E-state index in [1.54, 1.807) is 12.1 Å². The van der Waals surface area contributed by atoms with Crippen LogP contribution in [0.1, 0.15) is 12.5 Å². The highest BCUT2D eigenvalue weighted by Gasteiger charge is 2.18. The summed E-state index contributed by atoms with van der Waals surface area (Å²) in [6.07, 6.45) is -0.880. The van der Waals surface area contributed by atoms with Crippen LogP contribution in [0.15, 0.2) is 48.5 Å². The van der Waals surface area contributed by atoms with Gasteiger partial charge in [0, 0.05) is 24.5 Å². The molecule has 148 valence electrons. The minimum Gasteiger partial charge on any atom is -0.508 e. The van der Waals surface area contributed by atoms with E-state index < -0.39 is 18.0 Å². The van der Waals surface area contributed by atoms with Gasteiger partial charge in [0.15, 0.2) is 6.10 Å². The first-order chi connectivity index (χ1) is 13.5. The van der Waals surface area contributed by atoms with Crippen molar-refractivity contribution in [1.82, 2.24) is 0 Å². The maximum atomic E-state index is 12.3. The lowest BCUT2D eigenvalue weighted by Gasteiger charge is -2.28. The molecule has 0 bridgehead atoms. The van der Waals surface area contributed by atoms with Gasteiger partial charge in [-0.1, -0.05) is 12.1 Å². The molecule has 1 atom stereocenters. The van der Waals surface area contributed by atoms with Crippen molar-refractivity contribution in [3.8, 4) is 5.75 Å². The highest BCUT2D eigenvalue weighted by atomic mass is 16.5. The summed E-state index contributed by atoms with van der Waals surface area (Å²) in [5.74, 6) is -0.765. The summed E-state index contributed by atoms with van der Waals surface area (Å²) in [5, 5.41) is 12.0. The molecule has 0 unspecified atom stereocenters. The number of morpholine rings is 1. The van der Waals surface area contributed by atoms with Gasteiger partial charge < -0.3 is 24.8 Å². The average Bonchev–Trinajstić information content (AvgIpc) is 2.71. The number of carbonyl (C=O) groups excluding carboxylic acids is 2. The Bertz CT molecular complexity index is 799. The number of aromatic hydroxyl groups is 1. The molecule has 2 aromatic carbocycles. The third-order valence-electron chi connectivity index (χ3n) is 4.47. The lowest BCUT2D eigenvalue weighted by molar-refractivity contribution is -0.152. The van der Waals surface area contributed by atoms with Gasteiger partial charge in [-0.15, -0.1) is 0 Å². The molecule has 1 heterocycles. The van der Waals surface area contributed by atoms with E-state index in [2.05, 4.69) is 10.2 Å². The molecule has 2 N–H and O–H groups in total. The number of amides is 1. The Morgan fingerprint density at radius 1 is 1.11 bits per heavy atom. The monoisotopic (exact) mass is 384 g/mol.